The second-order valence-electron chi connectivity index (χ2n) is 3.83. The average Bonchev–Trinajstić information content (AvgIpc) is 2.01. The van der Waals surface area contributed by atoms with E-state index in [4.69, 9.17) is 5.73 Å². The molecule has 13 heavy (non-hydrogen) atoms. The molecule has 0 heterocycles. The van der Waals surface area contributed by atoms with E-state index >= 15 is 0 Å². The van der Waals surface area contributed by atoms with E-state index in [0.717, 1.165) is 4.47 Å². The fourth-order valence-corrected chi connectivity index (χ4v) is 1.97. The van der Waals surface area contributed by atoms with E-state index in [1.807, 2.05) is 0 Å². The second kappa shape index (κ2) is 4.25. The van der Waals surface area contributed by atoms with E-state index in [-0.39, 0.29) is 6.04 Å². The maximum atomic E-state index is 6.05. The Hall–Kier alpha value is -0.340. The molecule has 0 aliphatic heterocycles. The lowest BCUT2D eigenvalue weighted by Gasteiger charge is -2.16. The van der Waals surface area contributed by atoms with Crippen molar-refractivity contribution in [3.8, 4) is 0 Å². The van der Waals surface area contributed by atoms with Crippen molar-refractivity contribution in [1.82, 2.24) is 0 Å². The van der Waals surface area contributed by atoms with Crippen LogP contribution in [-0.4, -0.2) is 0 Å². The highest BCUT2D eigenvalue weighted by atomic mass is 79.9. The summed E-state index contributed by atoms with van der Waals surface area (Å²) in [7, 11) is 0. The number of nitrogens with two attached hydrogens (primary N) is 1. The van der Waals surface area contributed by atoms with Crippen LogP contribution in [0.3, 0.4) is 0 Å². The van der Waals surface area contributed by atoms with E-state index in [2.05, 4.69) is 54.9 Å². The molecule has 2 N–H and O–H groups in total. The molecule has 72 valence electrons. The fraction of sp³-hybridized carbons (Fsp3) is 0.455. The standard InChI is InChI=1S/C11H16BrN/c1-7(2)11(13)9-4-8(3)5-10(12)6-9/h4-7,11H,13H2,1-3H3/t11-/m1/s1. The van der Waals surface area contributed by atoms with Crippen LogP contribution in [0, 0.1) is 12.8 Å². The van der Waals surface area contributed by atoms with E-state index < -0.39 is 0 Å². The van der Waals surface area contributed by atoms with Gasteiger partial charge in [-0.25, -0.2) is 0 Å². The molecule has 0 aromatic heterocycles. The Labute approximate surface area is 88.5 Å². The summed E-state index contributed by atoms with van der Waals surface area (Å²) in [6.07, 6.45) is 0. The molecule has 0 aliphatic rings. The molecule has 0 bridgehead atoms. The highest BCUT2D eigenvalue weighted by molar-refractivity contribution is 9.10. The highest BCUT2D eigenvalue weighted by Crippen LogP contribution is 2.23. The Morgan fingerprint density at radius 2 is 1.85 bits per heavy atom. The minimum Gasteiger partial charge on any atom is -0.324 e. The molecular weight excluding hydrogens is 226 g/mol. The molecule has 0 amide bonds. The van der Waals surface area contributed by atoms with Crippen LogP contribution in [0.4, 0.5) is 0 Å². The zero-order chi connectivity index (χ0) is 10.0. The Morgan fingerprint density at radius 1 is 1.23 bits per heavy atom. The maximum absolute atomic E-state index is 6.05. The van der Waals surface area contributed by atoms with E-state index in [0.29, 0.717) is 5.92 Å². The summed E-state index contributed by atoms with van der Waals surface area (Å²) in [5.74, 6) is 0.480. The molecule has 1 aromatic carbocycles. The Bertz CT molecular complexity index is 274. The van der Waals surface area contributed by atoms with Crippen LogP contribution in [0.2, 0.25) is 0 Å². The van der Waals surface area contributed by atoms with Gasteiger partial charge >= 0.3 is 0 Å². The van der Waals surface area contributed by atoms with Crippen molar-refractivity contribution in [2.75, 3.05) is 0 Å². The summed E-state index contributed by atoms with van der Waals surface area (Å²) in [6, 6.07) is 6.47. The Morgan fingerprint density at radius 3 is 2.31 bits per heavy atom. The number of halogens is 1. The first kappa shape index (κ1) is 10.7. The van der Waals surface area contributed by atoms with Crippen molar-refractivity contribution in [2.45, 2.75) is 26.8 Å². The third-order valence-corrected chi connectivity index (χ3v) is 2.63. The molecule has 0 radical (unpaired) electrons. The first-order chi connectivity index (χ1) is 6.00. The molecule has 0 saturated carbocycles. The summed E-state index contributed by atoms with van der Waals surface area (Å²) in [5.41, 5.74) is 8.52. The largest absolute Gasteiger partial charge is 0.324 e. The summed E-state index contributed by atoms with van der Waals surface area (Å²) >= 11 is 3.47. The molecule has 0 unspecified atom stereocenters. The van der Waals surface area contributed by atoms with Gasteiger partial charge in [0.25, 0.3) is 0 Å². The number of hydrogen-bond donors (Lipinski definition) is 1. The minimum absolute atomic E-state index is 0.135. The smallest absolute Gasteiger partial charge is 0.0318 e. The van der Waals surface area contributed by atoms with Crippen molar-refractivity contribution in [3.63, 3.8) is 0 Å². The lowest BCUT2D eigenvalue weighted by Crippen LogP contribution is -2.16. The lowest BCUT2D eigenvalue weighted by atomic mass is 9.96. The van der Waals surface area contributed by atoms with Gasteiger partial charge in [-0.15, -0.1) is 0 Å². The molecule has 1 rings (SSSR count). The summed E-state index contributed by atoms with van der Waals surface area (Å²) in [5, 5.41) is 0. The van der Waals surface area contributed by atoms with E-state index in [9.17, 15) is 0 Å². The van der Waals surface area contributed by atoms with E-state index in [1.54, 1.807) is 0 Å². The second-order valence-corrected chi connectivity index (χ2v) is 4.75. The molecule has 0 saturated heterocycles. The normalized spacial score (nSPS) is 13.4. The molecule has 0 aliphatic carbocycles. The molecule has 1 nitrogen and oxygen atoms in total. The van der Waals surface area contributed by atoms with Crippen LogP contribution in [-0.2, 0) is 0 Å². The van der Waals surface area contributed by atoms with Crippen molar-refractivity contribution in [3.05, 3.63) is 33.8 Å². The maximum Gasteiger partial charge on any atom is 0.0318 e. The summed E-state index contributed by atoms with van der Waals surface area (Å²) < 4.78 is 1.11. The van der Waals surface area contributed by atoms with Crippen molar-refractivity contribution < 1.29 is 0 Å². The van der Waals surface area contributed by atoms with Crippen molar-refractivity contribution in [2.24, 2.45) is 11.7 Å². The monoisotopic (exact) mass is 241 g/mol. The fourth-order valence-electron chi connectivity index (χ4n) is 1.34. The average molecular weight is 242 g/mol. The SMILES string of the molecule is Cc1cc(Br)cc([C@H](N)C(C)C)c1. The van der Waals surface area contributed by atoms with Gasteiger partial charge in [0.05, 0.1) is 0 Å². The van der Waals surface area contributed by atoms with Crippen LogP contribution in [0.1, 0.15) is 31.0 Å². The molecule has 0 fully saturated rings. The quantitative estimate of drug-likeness (QED) is 0.844. The predicted octanol–water partition coefficient (Wildman–Crippen LogP) is 3.41. The van der Waals surface area contributed by atoms with Gasteiger partial charge in [-0.2, -0.15) is 0 Å². The molecule has 0 spiro atoms. The summed E-state index contributed by atoms with van der Waals surface area (Å²) in [6.45, 7) is 6.36. The van der Waals surface area contributed by atoms with Gasteiger partial charge in [0.1, 0.15) is 0 Å². The predicted molar refractivity (Wildman–Crippen MR) is 60.6 cm³/mol. The van der Waals surface area contributed by atoms with Crippen LogP contribution in [0.25, 0.3) is 0 Å². The molecule has 1 aromatic rings. The zero-order valence-corrected chi connectivity index (χ0v) is 9.93. The van der Waals surface area contributed by atoms with Gasteiger partial charge in [0, 0.05) is 10.5 Å². The topological polar surface area (TPSA) is 26.0 Å². The Balaban J connectivity index is 3.01. The Kier molecular flexibility index (Phi) is 3.51. The molecular formula is C11H16BrN. The zero-order valence-electron chi connectivity index (χ0n) is 8.34. The van der Waals surface area contributed by atoms with Crippen molar-refractivity contribution >= 4 is 15.9 Å². The molecule has 2 heteroatoms. The number of benzene rings is 1. The van der Waals surface area contributed by atoms with Crippen LogP contribution < -0.4 is 5.73 Å². The van der Waals surface area contributed by atoms with Gasteiger partial charge in [-0.1, -0.05) is 35.8 Å². The van der Waals surface area contributed by atoms with Gasteiger partial charge < -0.3 is 5.73 Å². The highest BCUT2D eigenvalue weighted by Gasteiger charge is 2.10. The third kappa shape index (κ3) is 2.82. The van der Waals surface area contributed by atoms with Crippen LogP contribution in [0.5, 0.6) is 0 Å². The van der Waals surface area contributed by atoms with Gasteiger partial charge in [0.15, 0.2) is 0 Å². The van der Waals surface area contributed by atoms with Gasteiger partial charge in [-0.05, 0) is 36.1 Å². The summed E-state index contributed by atoms with van der Waals surface area (Å²) in [4.78, 5) is 0. The first-order valence-electron chi connectivity index (χ1n) is 4.53. The minimum atomic E-state index is 0.135. The van der Waals surface area contributed by atoms with Gasteiger partial charge in [-0.3, -0.25) is 0 Å². The van der Waals surface area contributed by atoms with Gasteiger partial charge in [0.2, 0.25) is 0 Å². The van der Waals surface area contributed by atoms with E-state index in [1.165, 1.54) is 11.1 Å². The van der Waals surface area contributed by atoms with Crippen LogP contribution in [0.15, 0.2) is 22.7 Å². The third-order valence-electron chi connectivity index (χ3n) is 2.17. The lowest BCUT2D eigenvalue weighted by molar-refractivity contribution is 0.514. The van der Waals surface area contributed by atoms with Crippen LogP contribution >= 0.6 is 15.9 Å². The number of aryl methyl sites for hydroxylation is 1. The molecule has 1 atom stereocenters. The van der Waals surface area contributed by atoms with Crippen molar-refractivity contribution in [1.29, 1.82) is 0 Å². The number of hydrogen-bond acceptors (Lipinski definition) is 1. The number of rotatable bonds is 2. The first-order valence-corrected chi connectivity index (χ1v) is 5.32.